The molecule has 1 aliphatic heterocycles. The topological polar surface area (TPSA) is 107 Å². The van der Waals surface area contributed by atoms with Crippen molar-refractivity contribution in [2.24, 2.45) is 0 Å². The maximum absolute atomic E-state index is 11.8. The van der Waals surface area contributed by atoms with E-state index < -0.39 is 34.9 Å². The van der Waals surface area contributed by atoms with Crippen LogP contribution < -0.4 is 5.32 Å². The van der Waals surface area contributed by atoms with Gasteiger partial charge in [0, 0.05) is 41.8 Å². The Morgan fingerprint density at radius 3 is 2.68 bits per heavy atom. The Kier molecular flexibility index (Phi) is 5.74. The molecule has 1 aliphatic rings. The van der Waals surface area contributed by atoms with Crippen LogP contribution in [-0.2, 0) is 15.6 Å². The first-order chi connectivity index (χ1) is 8.82. The van der Waals surface area contributed by atoms with Crippen LogP contribution in [0.5, 0.6) is 0 Å². The molecule has 4 atom stereocenters. The molecule has 1 fully saturated rings. The lowest BCUT2D eigenvalue weighted by Crippen LogP contribution is -2.46. The van der Waals surface area contributed by atoms with Gasteiger partial charge in [-0.05, 0) is 6.42 Å². The van der Waals surface area contributed by atoms with Crippen molar-refractivity contribution >= 4 is 22.8 Å². The number of hydrogen-bond donors (Lipinski definition) is 3. The predicted octanol–water partition coefficient (Wildman–Crippen LogP) is -0.627. The molecular weight excluding hydrogens is 272 g/mol. The van der Waals surface area contributed by atoms with Gasteiger partial charge in [0.15, 0.2) is 0 Å². The number of carboxylic acid groups (broad SMARTS) is 1. The van der Waals surface area contributed by atoms with Crippen molar-refractivity contribution in [3.05, 3.63) is 0 Å². The molecule has 0 aromatic carbocycles. The number of carboxylic acids is 1. The number of nitrogens with one attached hydrogen (secondary N) is 1. The second-order valence-electron chi connectivity index (χ2n) is 4.73. The van der Waals surface area contributed by atoms with E-state index in [1.165, 1.54) is 0 Å². The number of urea groups is 1. The molecule has 3 unspecified atom stereocenters. The van der Waals surface area contributed by atoms with Gasteiger partial charge in [0.25, 0.3) is 0 Å². The Balaban J connectivity index is 2.44. The summed E-state index contributed by atoms with van der Waals surface area (Å²) in [7, 11) is -0.946. The van der Waals surface area contributed by atoms with E-state index in [0.29, 0.717) is 13.0 Å². The number of β-amino-alcohol motifs (C(OH)–C–C–N with tert-alkyl or cyclic N) is 1. The number of aliphatic hydroxyl groups is 1. The summed E-state index contributed by atoms with van der Waals surface area (Å²) in [6.07, 6.45) is 1.42. The van der Waals surface area contributed by atoms with Crippen LogP contribution in [0.4, 0.5) is 4.79 Å². The first kappa shape index (κ1) is 15.9. The molecule has 3 N–H and O–H groups in total. The summed E-state index contributed by atoms with van der Waals surface area (Å²) >= 11 is 0. The lowest BCUT2D eigenvalue weighted by molar-refractivity contribution is -0.141. The minimum absolute atomic E-state index is 0.0259. The van der Waals surface area contributed by atoms with Crippen LogP contribution in [0.1, 0.15) is 19.8 Å². The summed E-state index contributed by atoms with van der Waals surface area (Å²) < 4.78 is 11.1. The predicted molar refractivity (Wildman–Crippen MR) is 70.3 cm³/mol. The third-order valence-corrected chi connectivity index (χ3v) is 4.59. The third-order valence-electron chi connectivity index (χ3n) is 3.22. The van der Waals surface area contributed by atoms with Gasteiger partial charge in [-0.15, -0.1) is 0 Å². The first-order valence-electron chi connectivity index (χ1n) is 6.10. The number of carbonyl (C=O) groups is 2. The van der Waals surface area contributed by atoms with E-state index in [9.17, 15) is 18.9 Å². The van der Waals surface area contributed by atoms with E-state index >= 15 is 0 Å². The minimum atomic E-state index is -1.12. The van der Waals surface area contributed by atoms with Crippen molar-refractivity contribution in [1.82, 2.24) is 10.2 Å². The second-order valence-corrected chi connectivity index (χ2v) is 6.53. The van der Waals surface area contributed by atoms with Crippen LogP contribution >= 0.6 is 0 Å². The molecule has 0 bridgehead atoms. The first-order valence-corrected chi connectivity index (χ1v) is 7.72. The summed E-state index contributed by atoms with van der Waals surface area (Å²) in [6, 6.07) is -1.48. The summed E-state index contributed by atoms with van der Waals surface area (Å²) in [5.41, 5.74) is 0. The van der Waals surface area contributed by atoms with Crippen LogP contribution in [0, 0.1) is 0 Å². The van der Waals surface area contributed by atoms with Crippen LogP contribution in [0.25, 0.3) is 0 Å². The molecule has 1 heterocycles. The number of likely N-dealkylation sites (tertiary alicyclic amines) is 1. The van der Waals surface area contributed by atoms with Gasteiger partial charge in [0.05, 0.1) is 6.10 Å². The smallest absolute Gasteiger partial charge is 0.326 e. The zero-order valence-corrected chi connectivity index (χ0v) is 11.9. The molecule has 0 spiro atoms. The van der Waals surface area contributed by atoms with Gasteiger partial charge in [-0.3, -0.25) is 4.21 Å². The molecule has 2 amide bonds. The molecule has 0 aromatic heterocycles. The van der Waals surface area contributed by atoms with Crippen LogP contribution in [0.15, 0.2) is 0 Å². The fourth-order valence-corrected chi connectivity index (χ4v) is 2.37. The van der Waals surface area contributed by atoms with E-state index in [1.54, 1.807) is 6.26 Å². The number of hydrogen-bond acceptors (Lipinski definition) is 4. The van der Waals surface area contributed by atoms with E-state index in [2.05, 4.69) is 5.32 Å². The molecular formula is C11H20N2O5S. The molecule has 110 valence electrons. The number of nitrogens with zero attached hydrogens (tertiary/aromatic N) is 1. The van der Waals surface area contributed by atoms with Crippen LogP contribution in [-0.4, -0.2) is 68.1 Å². The Labute approximate surface area is 114 Å². The molecule has 0 aliphatic carbocycles. The van der Waals surface area contributed by atoms with Gasteiger partial charge < -0.3 is 20.4 Å². The van der Waals surface area contributed by atoms with Crippen LogP contribution in [0.2, 0.25) is 0 Å². The summed E-state index contributed by atoms with van der Waals surface area (Å²) in [5.74, 6) is -1.12. The third kappa shape index (κ3) is 4.46. The Morgan fingerprint density at radius 1 is 1.53 bits per heavy atom. The van der Waals surface area contributed by atoms with Crippen molar-refractivity contribution in [2.75, 3.05) is 19.3 Å². The molecule has 8 heteroatoms. The number of amides is 2. The second kappa shape index (κ2) is 6.85. The molecule has 7 nitrogen and oxygen atoms in total. The average molecular weight is 292 g/mol. The fourth-order valence-electron chi connectivity index (χ4n) is 1.92. The lowest BCUT2D eigenvalue weighted by Gasteiger charge is -2.21. The van der Waals surface area contributed by atoms with Gasteiger partial charge in [-0.1, -0.05) is 6.92 Å². The Hall–Kier alpha value is -1.15. The molecule has 1 saturated heterocycles. The number of carbonyl (C=O) groups excluding carboxylic acids is 1. The average Bonchev–Trinajstić information content (AvgIpc) is 2.71. The van der Waals surface area contributed by atoms with Crippen molar-refractivity contribution in [2.45, 2.75) is 37.2 Å². The number of aliphatic hydroxyl groups excluding tert-OH is 1. The SMILES string of the molecule is CC(CCNC(=O)N1CC(O)C[C@H]1C(=O)O)S(C)=O. The normalized spacial score (nSPS) is 25.9. The zero-order chi connectivity index (χ0) is 14.6. The summed E-state index contributed by atoms with van der Waals surface area (Å²) in [6.45, 7) is 2.18. The zero-order valence-electron chi connectivity index (χ0n) is 11.0. The molecule has 0 saturated carbocycles. The number of aliphatic carboxylic acids is 1. The maximum Gasteiger partial charge on any atom is 0.326 e. The minimum Gasteiger partial charge on any atom is -0.480 e. The quantitative estimate of drug-likeness (QED) is 0.625. The fraction of sp³-hybridized carbons (Fsp3) is 0.818. The highest BCUT2D eigenvalue weighted by Gasteiger charge is 2.38. The van der Waals surface area contributed by atoms with Crippen molar-refractivity contribution in [3.8, 4) is 0 Å². The van der Waals surface area contributed by atoms with Crippen molar-refractivity contribution in [3.63, 3.8) is 0 Å². The standard InChI is InChI=1S/C11H20N2O5S/c1-7(19(2)18)3-4-12-11(17)13-6-8(14)5-9(13)10(15)16/h7-9,14H,3-6H2,1-2H3,(H,12,17)(H,15,16)/t7?,8?,9-,19?/m0/s1. The largest absolute Gasteiger partial charge is 0.480 e. The number of rotatable bonds is 5. The van der Waals surface area contributed by atoms with E-state index in [1.807, 2.05) is 6.92 Å². The van der Waals surface area contributed by atoms with Gasteiger partial charge in [0.2, 0.25) is 0 Å². The monoisotopic (exact) mass is 292 g/mol. The highest BCUT2D eigenvalue weighted by atomic mass is 32.2. The van der Waals surface area contributed by atoms with Crippen LogP contribution in [0.3, 0.4) is 0 Å². The Bertz CT molecular complexity index is 376. The molecule has 0 radical (unpaired) electrons. The van der Waals surface area contributed by atoms with Gasteiger partial charge in [0.1, 0.15) is 6.04 Å². The molecule has 1 rings (SSSR count). The summed E-state index contributed by atoms with van der Waals surface area (Å²) in [4.78, 5) is 23.9. The van der Waals surface area contributed by atoms with E-state index in [-0.39, 0.29) is 18.2 Å². The highest BCUT2D eigenvalue weighted by Crippen LogP contribution is 2.18. The van der Waals surface area contributed by atoms with Crippen molar-refractivity contribution < 1.29 is 24.0 Å². The van der Waals surface area contributed by atoms with E-state index in [4.69, 9.17) is 5.11 Å². The Morgan fingerprint density at radius 2 is 2.16 bits per heavy atom. The summed E-state index contributed by atoms with van der Waals surface area (Å²) in [5, 5.41) is 21.0. The molecule has 0 aromatic rings. The molecule has 19 heavy (non-hydrogen) atoms. The highest BCUT2D eigenvalue weighted by molar-refractivity contribution is 7.84. The lowest BCUT2D eigenvalue weighted by atomic mass is 10.2. The van der Waals surface area contributed by atoms with Gasteiger partial charge in [-0.25, -0.2) is 9.59 Å². The van der Waals surface area contributed by atoms with Crippen molar-refractivity contribution in [1.29, 1.82) is 0 Å². The maximum atomic E-state index is 11.8. The van der Waals surface area contributed by atoms with Gasteiger partial charge in [-0.2, -0.15) is 0 Å². The van der Waals surface area contributed by atoms with E-state index in [0.717, 1.165) is 4.90 Å². The van der Waals surface area contributed by atoms with Gasteiger partial charge >= 0.3 is 12.0 Å².